The number of fused-ring (bicyclic) bond motifs is 2. The molecule has 1 saturated carbocycles. The number of aromatic nitrogens is 1. The first-order valence-electron chi connectivity index (χ1n) is 7.74. The first-order valence-corrected chi connectivity index (χ1v) is 7.74. The van der Waals surface area contributed by atoms with Gasteiger partial charge in [0.25, 0.3) is 6.01 Å². The highest BCUT2D eigenvalue weighted by Crippen LogP contribution is 2.38. The fourth-order valence-electron chi connectivity index (χ4n) is 3.94. The summed E-state index contributed by atoms with van der Waals surface area (Å²) in [6, 6.07) is 7.15. The highest BCUT2D eigenvalue weighted by Gasteiger charge is 2.35. The molecule has 0 bridgehead atoms. The van der Waals surface area contributed by atoms with Crippen LogP contribution in [0.25, 0.3) is 11.1 Å². The predicted molar refractivity (Wildman–Crippen MR) is 80.7 cm³/mol. The maximum Gasteiger partial charge on any atom is 0.298 e. The summed E-state index contributed by atoms with van der Waals surface area (Å²) >= 11 is 0. The fraction of sp³-hybridized carbons (Fsp3) is 0.562. The zero-order valence-electron chi connectivity index (χ0n) is 11.7. The van der Waals surface area contributed by atoms with Gasteiger partial charge in [0.05, 0.1) is 5.69 Å². The zero-order valence-corrected chi connectivity index (χ0v) is 11.7. The molecule has 4 heteroatoms. The van der Waals surface area contributed by atoms with Crippen LogP contribution in [0.4, 0.5) is 11.7 Å². The third-order valence-electron chi connectivity index (χ3n) is 4.93. The van der Waals surface area contributed by atoms with Gasteiger partial charge < -0.3 is 15.1 Å². The Labute approximate surface area is 118 Å². The molecular weight excluding hydrogens is 250 g/mol. The van der Waals surface area contributed by atoms with Crippen LogP contribution in [0.1, 0.15) is 38.5 Å². The van der Waals surface area contributed by atoms with Crippen molar-refractivity contribution >= 4 is 22.8 Å². The van der Waals surface area contributed by atoms with Crippen LogP contribution in [0, 0.1) is 5.92 Å². The summed E-state index contributed by atoms with van der Waals surface area (Å²) in [7, 11) is 0. The highest BCUT2D eigenvalue weighted by molar-refractivity contribution is 5.86. The van der Waals surface area contributed by atoms with Gasteiger partial charge in [-0.3, -0.25) is 0 Å². The van der Waals surface area contributed by atoms with Crippen LogP contribution in [0.2, 0.25) is 0 Å². The number of piperidine rings is 1. The number of oxazole rings is 1. The van der Waals surface area contributed by atoms with E-state index in [2.05, 4.69) is 9.88 Å². The number of hydrogen-bond donors (Lipinski definition) is 1. The molecule has 1 saturated heterocycles. The summed E-state index contributed by atoms with van der Waals surface area (Å²) in [5.41, 5.74) is 8.30. The van der Waals surface area contributed by atoms with Gasteiger partial charge in [-0.2, -0.15) is 4.98 Å². The quantitative estimate of drug-likeness (QED) is 0.806. The van der Waals surface area contributed by atoms with Gasteiger partial charge in [-0.15, -0.1) is 0 Å². The summed E-state index contributed by atoms with van der Waals surface area (Å²) in [4.78, 5) is 7.06. The van der Waals surface area contributed by atoms with Crippen molar-refractivity contribution in [3.63, 3.8) is 0 Å². The third-order valence-corrected chi connectivity index (χ3v) is 4.93. The van der Waals surface area contributed by atoms with Crippen molar-refractivity contribution in [3.05, 3.63) is 18.2 Å². The van der Waals surface area contributed by atoms with Gasteiger partial charge in [0.15, 0.2) is 5.58 Å². The molecule has 2 unspecified atom stereocenters. The van der Waals surface area contributed by atoms with E-state index >= 15 is 0 Å². The van der Waals surface area contributed by atoms with Crippen molar-refractivity contribution in [1.82, 2.24) is 4.98 Å². The van der Waals surface area contributed by atoms with E-state index in [1.807, 2.05) is 18.2 Å². The lowest BCUT2D eigenvalue weighted by Gasteiger charge is -2.43. The Bertz CT molecular complexity index is 619. The van der Waals surface area contributed by atoms with Gasteiger partial charge in [-0.05, 0) is 43.7 Å². The van der Waals surface area contributed by atoms with E-state index in [9.17, 15) is 0 Å². The van der Waals surface area contributed by atoms with Gasteiger partial charge in [0, 0.05) is 12.6 Å². The lowest BCUT2D eigenvalue weighted by molar-refractivity contribution is 0.235. The van der Waals surface area contributed by atoms with E-state index in [1.165, 1.54) is 38.5 Å². The van der Waals surface area contributed by atoms with Gasteiger partial charge in [-0.25, -0.2) is 0 Å². The third kappa shape index (κ3) is 1.86. The second-order valence-electron chi connectivity index (χ2n) is 6.14. The number of nitrogen functional groups attached to an aromatic ring is 1. The fourth-order valence-corrected chi connectivity index (χ4v) is 3.94. The Morgan fingerprint density at radius 3 is 2.90 bits per heavy atom. The summed E-state index contributed by atoms with van der Waals surface area (Å²) in [5, 5.41) is 0. The maximum atomic E-state index is 5.99. The normalized spacial score (nSPS) is 26.7. The van der Waals surface area contributed by atoms with E-state index in [0.29, 0.717) is 11.7 Å². The van der Waals surface area contributed by atoms with Crippen LogP contribution in [-0.4, -0.2) is 17.6 Å². The zero-order chi connectivity index (χ0) is 13.5. The minimum Gasteiger partial charge on any atom is -0.423 e. The minimum absolute atomic E-state index is 0.617. The van der Waals surface area contributed by atoms with Crippen LogP contribution < -0.4 is 10.6 Å². The Hall–Kier alpha value is -1.71. The van der Waals surface area contributed by atoms with E-state index in [0.717, 1.165) is 29.6 Å². The monoisotopic (exact) mass is 271 g/mol. The summed E-state index contributed by atoms with van der Waals surface area (Å²) in [6.45, 7) is 1.06. The number of para-hydroxylation sites is 1. The molecular formula is C16H21N3O. The first-order chi connectivity index (χ1) is 9.83. The SMILES string of the molecule is Nc1cccc2oc(N3CCCC4CCCCC43)nc12. The number of nitrogens with two attached hydrogens (primary N) is 1. The van der Waals surface area contributed by atoms with Crippen molar-refractivity contribution in [1.29, 1.82) is 0 Å². The molecule has 4 nitrogen and oxygen atoms in total. The number of benzene rings is 1. The Morgan fingerprint density at radius 2 is 2.00 bits per heavy atom. The highest BCUT2D eigenvalue weighted by atomic mass is 16.4. The number of hydrogen-bond acceptors (Lipinski definition) is 4. The minimum atomic E-state index is 0.617. The average molecular weight is 271 g/mol. The molecule has 2 aliphatic rings. The van der Waals surface area contributed by atoms with Gasteiger partial charge in [0.2, 0.25) is 0 Å². The van der Waals surface area contributed by atoms with Gasteiger partial charge in [0.1, 0.15) is 5.52 Å². The molecule has 0 spiro atoms. The van der Waals surface area contributed by atoms with Crippen LogP contribution in [0.5, 0.6) is 0 Å². The first kappa shape index (κ1) is 12.1. The van der Waals surface area contributed by atoms with Gasteiger partial charge >= 0.3 is 0 Å². The number of rotatable bonds is 1. The lowest BCUT2D eigenvalue weighted by atomic mass is 9.78. The van der Waals surface area contributed by atoms with Crippen molar-refractivity contribution in [3.8, 4) is 0 Å². The van der Waals surface area contributed by atoms with Crippen molar-refractivity contribution in [2.75, 3.05) is 17.2 Å². The molecule has 0 radical (unpaired) electrons. The Balaban J connectivity index is 1.72. The average Bonchev–Trinajstić information content (AvgIpc) is 2.92. The van der Waals surface area contributed by atoms with Crippen LogP contribution in [-0.2, 0) is 0 Å². The maximum absolute atomic E-state index is 5.99. The van der Waals surface area contributed by atoms with E-state index in [4.69, 9.17) is 10.2 Å². The summed E-state index contributed by atoms with van der Waals surface area (Å²) in [5.74, 6) is 0.824. The predicted octanol–water partition coefficient (Wildman–Crippen LogP) is 3.57. The number of anilines is 2. The smallest absolute Gasteiger partial charge is 0.298 e. The molecule has 2 aromatic rings. The van der Waals surface area contributed by atoms with Gasteiger partial charge in [-0.1, -0.05) is 18.9 Å². The molecule has 0 amide bonds. The molecule has 2 atom stereocenters. The molecule has 1 aliphatic carbocycles. The second-order valence-corrected chi connectivity index (χ2v) is 6.14. The second kappa shape index (κ2) is 4.69. The largest absolute Gasteiger partial charge is 0.423 e. The van der Waals surface area contributed by atoms with Crippen LogP contribution >= 0.6 is 0 Å². The topological polar surface area (TPSA) is 55.3 Å². The molecule has 2 fully saturated rings. The van der Waals surface area contributed by atoms with E-state index in [1.54, 1.807) is 0 Å². The molecule has 106 valence electrons. The Morgan fingerprint density at radius 1 is 1.15 bits per heavy atom. The van der Waals surface area contributed by atoms with Crippen LogP contribution in [0.3, 0.4) is 0 Å². The Kier molecular flexibility index (Phi) is 2.83. The molecule has 1 aliphatic heterocycles. The summed E-state index contributed by atoms with van der Waals surface area (Å²) in [6.07, 6.45) is 7.97. The van der Waals surface area contributed by atoms with E-state index in [-0.39, 0.29) is 0 Å². The lowest BCUT2D eigenvalue weighted by Crippen LogP contribution is -2.47. The summed E-state index contributed by atoms with van der Waals surface area (Å²) < 4.78 is 5.97. The van der Waals surface area contributed by atoms with Crippen molar-refractivity contribution < 1.29 is 4.42 Å². The standard InChI is InChI=1S/C16H21N3O/c17-12-7-3-9-14-15(12)18-16(20-14)19-10-4-6-11-5-1-2-8-13(11)19/h3,7,9,11,13H,1-2,4-6,8,10,17H2. The molecule has 4 rings (SSSR count). The number of nitrogens with zero attached hydrogens (tertiary/aromatic N) is 2. The molecule has 1 aromatic carbocycles. The van der Waals surface area contributed by atoms with E-state index < -0.39 is 0 Å². The molecule has 2 heterocycles. The van der Waals surface area contributed by atoms with Crippen molar-refractivity contribution in [2.45, 2.75) is 44.6 Å². The molecule has 1 aromatic heterocycles. The van der Waals surface area contributed by atoms with Crippen LogP contribution in [0.15, 0.2) is 22.6 Å². The molecule has 2 N–H and O–H groups in total. The molecule has 20 heavy (non-hydrogen) atoms. The van der Waals surface area contributed by atoms with Crippen molar-refractivity contribution in [2.24, 2.45) is 5.92 Å².